The Morgan fingerprint density at radius 2 is 2.25 bits per heavy atom. The van der Waals surface area contributed by atoms with Gasteiger partial charge in [-0.1, -0.05) is 18.2 Å². The van der Waals surface area contributed by atoms with Crippen LogP contribution in [-0.4, -0.2) is 24.3 Å². The summed E-state index contributed by atoms with van der Waals surface area (Å²) in [5.74, 6) is -0.486. The van der Waals surface area contributed by atoms with E-state index in [0.717, 1.165) is 16.7 Å². The molecule has 0 fully saturated rings. The van der Waals surface area contributed by atoms with Gasteiger partial charge in [-0.05, 0) is 36.5 Å². The molecule has 0 aromatic heterocycles. The van der Waals surface area contributed by atoms with Crippen LogP contribution in [0.3, 0.4) is 0 Å². The summed E-state index contributed by atoms with van der Waals surface area (Å²) in [4.78, 5) is 11.5. The molecule has 2 unspecified atom stereocenters. The zero-order chi connectivity index (χ0) is 11.7. The van der Waals surface area contributed by atoms with Crippen molar-refractivity contribution in [3.05, 3.63) is 34.9 Å². The predicted molar refractivity (Wildman–Crippen MR) is 60.3 cm³/mol. The largest absolute Gasteiger partial charge is 0.469 e. The number of aliphatic hydroxyl groups excluding tert-OH is 1. The molecule has 0 saturated heterocycles. The van der Waals surface area contributed by atoms with Crippen molar-refractivity contribution in [3.63, 3.8) is 0 Å². The number of hydrogen-bond donors (Lipinski definition) is 1. The molecule has 1 aliphatic rings. The number of fused-ring (bicyclic) bond motifs is 1. The number of ether oxygens (including phenoxy) is 1. The predicted octanol–water partition coefficient (Wildman–Crippen LogP) is 1.42. The molecule has 16 heavy (non-hydrogen) atoms. The van der Waals surface area contributed by atoms with Gasteiger partial charge in [0.2, 0.25) is 0 Å². The molecule has 2 rings (SSSR count). The normalized spacial score (nSPS) is 20.3. The lowest BCUT2D eigenvalue weighted by atomic mass is 9.93. The molecule has 0 spiro atoms. The van der Waals surface area contributed by atoms with Crippen molar-refractivity contribution in [2.45, 2.75) is 31.8 Å². The molecule has 0 aliphatic heterocycles. The van der Waals surface area contributed by atoms with Gasteiger partial charge >= 0.3 is 5.97 Å². The molecule has 86 valence electrons. The summed E-state index contributed by atoms with van der Waals surface area (Å²) < 4.78 is 4.75. The van der Waals surface area contributed by atoms with Gasteiger partial charge in [-0.25, -0.2) is 0 Å². The molecule has 1 aliphatic carbocycles. The van der Waals surface area contributed by atoms with Crippen LogP contribution in [0, 0.1) is 0 Å². The Hall–Kier alpha value is -1.35. The maximum absolute atomic E-state index is 11.5. The lowest BCUT2D eigenvalue weighted by Gasteiger charge is -2.13. The summed E-state index contributed by atoms with van der Waals surface area (Å²) in [6, 6.07) is 5.89. The third-order valence-electron chi connectivity index (χ3n) is 3.23. The maximum atomic E-state index is 11.5. The second kappa shape index (κ2) is 4.26. The quantitative estimate of drug-likeness (QED) is 0.767. The van der Waals surface area contributed by atoms with Crippen LogP contribution in [-0.2, 0) is 22.4 Å². The third-order valence-corrected chi connectivity index (χ3v) is 3.23. The monoisotopic (exact) mass is 220 g/mol. The number of esters is 1. The molecule has 2 atom stereocenters. The summed E-state index contributed by atoms with van der Waals surface area (Å²) in [5, 5.41) is 9.64. The fraction of sp³-hybridized carbons (Fsp3) is 0.462. The fourth-order valence-electron chi connectivity index (χ4n) is 2.37. The van der Waals surface area contributed by atoms with E-state index in [4.69, 9.17) is 4.74 Å². The highest BCUT2D eigenvalue weighted by Crippen LogP contribution is 2.30. The number of aliphatic hydroxyl groups is 1. The lowest BCUT2D eigenvalue weighted by Crippen LogP contribution is -2.13. The Morgan fingerprint density at radius 1 is 1.50 bits per heavy atom. The minimum Gasteiger partial charge on any atom is -0.469 e. The Morgan fingerprint density at radius 3 is 2.94 bits per heavy atom. The van der Waals surface area contributed by atoms with E-state index in [1.165, 1.54) is 7.11 Å². The van der Waals surface area contributed by atoms with Gasteiger partial charge in [0.05, 0.1) is 19.1 Å². The average molecular weight is 220 g/mol. The van der Waals surface area contributed by atoms with Crippen LogP contribution < -0.4 is 0 Å². The molecule has 0 bridgehead atoms. The number of benzene rings is 1. The molecule has 0 amide bonds. The molecule has 1 aromatic rings. The molecule has 0 saturated carbocycles. The minimum atomic E-state index is -0.305. The lowest BCUT2D eigenvalue weighted by molar-refractivity contribution is -0.142. The highest BCUT2D eigenvalue weighted by Gasteiger charge is 2.26. The van der Waals surface area contributed by atoms with E-state index in [-0.39, 0.29) is 18.0 Å². The summed E-state index contributed by atoms with van der Waals surface area (Å²) in [6.07, 6.45) is 1.03. The van der Waals surface area contributed by atoms with Crippen LogP contribution in [0.25, 0.3) is 0 Å². The first-order chi connectivity index (χ1) is 7.63. The van der Waals surface area contributed by atoms with Crippen molar-refractivity contribution < 1.29 is 14.6 Å². The van der Waals surface area contributed by atoms with E-state index >= 15 is 0 Å². The van der Waals surface area contributed by atoms with Crippen molar-refractivity contribution >= 4 is 5.97 Å². The molecule has 0 heterocycles. The zero-order valence-electron chi connectivity index (χ0n) is 9.56. The van der Waals surface area contributed by atoms with Gasteiger partial charge in [0.15, 0.2) is 0 Å². The highest BCUT2D eigenvalue weighted by molar-refractivity contribution is 5.78. The molecular formula is C13H16O3. The minimum absolute atomic E-state index is 0.227. The first kappa shape index (κ1) is 11.1. The van der Waals surface area contributed by atoms with E-state index in [2.05, 4.69) is 0 Å². The Kier molecular flexibility index (Phi) is 2.97. The van der Waals surface area contributed by atoms with E-state index in [0.29, 0.717) is 12.8 Å². The van der Waals surface area contributed by atoms with Gasteiger partial charge < -0.3 is 9.84 Å². The summed E-state index contributed by atoms with van der Waals surface area (Å²) in [7, 11) is 1.40. The van der Waals surface area contributed by atoms with E-state index in [9.17, 15) is 9.90 Å². The van der Waals surface area contributed by atoms with Crippen LogP contribution in [0.15, 0.2) is 18.2 Å². The number of rotatable bonds is 2. The van der Waals surface area contributed by atoms with Crippen LogP contribution in [0.5, 0.6) is 0 Å². The summed E-state index contributed by atoms with van der Waals surface area (Å²) in [6.45, 7) is 1.84. The smallest absolute Gasteiger partial charge is 0.312 e. The molecule has 0 radical (unpaired) electrons. The topological polar surface area (TPSA) is 46.5 Å². The van der Waals surface area contributed by atoms with Gasteiger partial charge in [0, 0.05) is 0 Å². The van der Waals surface area contributed by atoms with Crippen molar-refractivity contribution in [2.24, 2.45) is 0 Å². The van der Waals surface area contributed by atoms with E-state index in [1.54, 1.807) is 0 Å². The van der Waals surface area contributed by atoms with Gasteiger partial charge in [-0.2, -0.15) is 0 Å². The van der Waals surface area contributed by atoms with Crippen LogP contribution in [0.2, 0.25) is 0 Å². The van der Waals surface area contributed by atoms with Crippen LogP contribution in [0.4, 0.5) is 0 Å². The van der Waals surface area contributed by atoms with Crippen LogP contribution in [0.1, 0.15) is 29.5 Å². The van der Waals surface area contributed by atoms with Crippen molar-refractivity contribution in [3.8, 4) is 0 Å². The fourth-order valence-corrected chi connectivity index (χ4v) is 2.37. The van der Waals surface area contributed by atoms with Gasteiger partial charge in [0.25, 0.3) is 0 Å². The zero-order valence-corrected chi connectivity index (χ0v) is 9.56. The second-order valence-corrected chi connectivity index (χ2v) is 4.29. The van der Waals surface area contributed by atoms with Crippen molar-refractivity contribution in [1.29, 1.82) is 0 Å². The van der Waals surface area contributed by atoms with Gasteiger partial charge in [-0.3, -0.25) is 4.79 Å². The Bertz CT molecular complexity index is 412. The van der Waals surface area contributed by atoms with Gasteiger partial charge in [0.1, 0.15) is 0 Å². The van der Waals surface area contributed by atoms with Crippen molar-refractivity contribution in [1.82, 2.24) is 0 Å². The van der Waals surface area contributed by atoms with Gasteiger partial charge in [-0.15, -0.1) is 0 Å². The second-order valence-electron chi connectivity index (χ2n) is 4.29. The number of carbonyl (C=O) groups excluding carboxylic acids is 1. The summed E-state index contributed by atoms with van der Waals surface area (Å²) in [5.41, 5.74) is 3.26. The summed E-state index contributed by atoms with van der Waals surface area (Å²) >= 11 is 0. The molecule has 1 N–H and O–H groups in total. The van der Waals surface area contributed by atoms with E-state index in [1.807, 2.05) is 25.1 Å². The SMILES string of the molecule is COC(=O)C(C)c1cccc2c1CC(O)C2. The molecule has 1 aromatic carbocycles. The first-order valence-electron chi connectivity index (χ1n) is 5.50. The molecule has 3 nitrogen and oxygen atoms in total. The Labute approximate surface area is 95.0 Å². The number of hydrogen-bond acceptors (Lipinski definition) is 3. The maximum Gasteiger partial charge on any atom is 0.312 e. The molecular weight excluding hydrogens is 204 g/mol. The number of methoxy groups -OCH3 is 1. The Balaban J connectivity index is 2.36. The average Bonchev–Trinajstić information content (AvgIpc) is 2.66. The first-order valence-corrected chi connectivity index (χ1v) is 5.50. The number of carbonyl (C=O) groups is 1. The highest BCUT2D eigenvalue weighted by atomic mass is 16.5. The third kappa shape index (κ3) is 1.83. The van der Waals surface area contributed by atoms with Crippen LogP contribution >= 0.6 is 0 Å². The standard InChI is InChI=1S/C13H16O3/c1-8(13(15)16-2)11-5-3-4-9-6-10(14)7-12(9)11/h3-5,8,10,14H,6-7H2,1-2H3. The van der Waals surface area contributed by atoms with E-state index < -0.39 is 0 Å². The van der Waals surface area contributed by atoms with Crippen molar-refractivity contribution in [2.75, 3.05) is 7.11 Å². The molecule has 3 heteroatoms.